The highest BCUT2D eigenvalue weighted by atomic mass is 35.5. The maximum atomic E-state index is 6.80. The van der Waals surface area contributed by atoms with Crippen LogP contribution >= 0.6 is 24.8 Å². The maximum absolute atomic E-state index is 6.80. The molecule has 0 aliphatic carbocycles. The summed E-state index contributed by atoms with van der Waals surface area (Å²) in [5.41, 5.74) is 9.04. The number of hydrogen-bond acceptors (Lipinski definition) is 2. The van der Waals surface area contributed by atoms with Gasteiger partial charge >= 0.3 is 0 Å². The Balaban J connectivity index is 0.00000121. The summed E-state index contributed by atoms with van der Waals surface area (Å²) in [7, 11) is 0. The summed E-state index contributed by atoms with van der Waals surface area (Å²) >= 11 is 0. The molecule has 2 aromatic rings. The van der Waals surface area contributed by atoms with Gasteiger partial charge in [0.05, 0.1) is 5.66 Å². The fourth-order valence-electron chi connectivity index (χ4n) is 3.13. The SMILES string of the molecule is Cl.Cl.NC1(c2ccccc2)CCCCN1Cc1ccccc1. The molecule has 0 bridgehead atoms. The van der Waals surface area contributed by atoms with Crippen LogP contribution in [0.15, 0.2) is 60.7 Å². The standard InChI is InChI=1S/C18H22N2.2ClH/c19-18(17-11-5-2-6-12-17)13-7-8-14-20(18)15-16-9-3-1-4-10-16;;/h1-6,9-12H,7-8,13-15,19H2;2*1H. The van der Waals surface area contributed by atoms with Crippen LogP contribution in [-0.4, -0.2) is 11.4 Å². The molecule has 0 amide bonds. The lowest BCUT2D eigenvalue weighted by Crippen LogP contribution is -2.55. The predicted molar refractivity (Wildman–Crippen MR) is 97.5 cm³/mol. The molecule has 0 saturated carbocycles. The first kappa shape index (κ1) is 19.0. The van der Waals surface area contributed by atoms with Crippen molar-refractivity contribution in [3.8, 4) is 0 Å². The number of piperidine rings is 1. The van der Waals surface area contributed by atoms with Gasteiger partial charge in [-0.15, -0.1) is 24.8 Å². The van der Waals surface area contributed by atoms with Crippen LogP contribution in [0.2, 0.25) is 0 Å². The second-order valence-electron chi connectivity index (χ2n) is 5.65. The van der Waals surface area contributed by atoms with Crippen molar-refractivity contribution < 1.29 is 0 Å². The van der Waals surface area contributed by atoms with Crippen molar-refractivity contribution >= 4 is 24.8 Å². The topological polar surface area (TPSA) is 29.3 Å². The molecule has 1 aliphatic heterocycles. The Hall–Kier alpha value is -1.06. The molecular weight excluding hydrogens is 315 g/mol. The molecule has 2 N–H and O–H groups in total. The molecular formula is C18H24Cl2N2. The van der Waals surface area contributed by atoms with E-state index in [0.717, 1.165) is 19.5 Å². The van der Waals surface area contributed by atoms with Crippen LogP contribution in [0.4, 0.5) is 0 Å². The van der Waals surface area contributed by atoms with E-state index in [9.17, 15) is 0 Å². The third kappa shape index (κ3) is 4.02. The average Bonchev–Trinajstić information content (AvgIpc) is 2.52. The van der Waals surface area contributed by atoms with Gasteiger partial charge in [0.2, 0.25) is 0 Å². The van der Waals surface area contributed by atoms with Gasteiger partial charge in [-0.05, 0) is 30.4 Å². The predicted octanol–water partition coefficient (Wildman–Crippen LogP) is 4.33. The molecule has 1 atom stereocenters. The minimum absolute atomic E-state index is 0. The first-order chi connectivity index (χ1) is 9.79. The molecule has 1 fully saturated rings. The van der Waals surface area contributed by atoms with Gasteiger partial charge in [-0.2, -0.15) is 0 Å². The van der Waals surface area contributed by atoms with Crippen molar-refractivity contribution in [1.82, 2.24) is 4.90 Å². The van der Waals surface area contributed by atoms with Gasteiger partial charge in [-0.1, -0.05) is 60.7 Å². The molecule has 1 aliphatic rings. The number of benzene rings is 2. The van der Waals surface area contributed by atoms with Crippen molar-refractivity contribution in [2.75, 3.05) is 6.54 Å². The smallest absolute Gasteiger partial charge is 0.0952 e. The lowest BCUT2D eigenvalue weighted by Gasteiger charge is -2.45. The zero-order valence-electron chi connectivity index (χ0n) is 12.7. The van der Waals surface area contributed by atoms with Crippen LogP contribution < -0.4 is 5.73 Å². The number of halogens is 2. The zero-order chi connectivity index (χ0) is 13.8. The Morgan fingerprint density at radius 3 is 2.09 bits per heavy atom. The molecule has 120 valence electrons. The summed E-state index contributed by atoms with van der Waals surface area (Å²) in [6.45, 7) is 1.99. The molecule has 1 unspecified atom stereocenters. The fraction of sp³-hybridized carbons (Fsp3) is 0.333. The lowest BCUT2D eigenvalue weighted by atomic mass is 9.88. The van der Waals surface area contributed by atoms with Crippen LogP contribution in [0, 0.1) is 0 Å². The van der Waals surface area contributed by atoms with E-state index in [-0.39, 0.29) is 30.5 Å². The summed E-state index contributed by atoms with van der Waals surface area (Å²) in [5, 5.41) is 0. The second kappa shape index (κ2) is 8.54. The van der Waals surface area contributed by atoms with E-state index in [2.05, 4.69) is 65.6 Å². The molecule has 22 heavy (non-hydrogen) atoms. The van der Waals surface area contributed by atoms with Crippen LogP contribution in [0.25, 0.3) is 0 Å². The Morgan fingerprint density at radius 1 is 0.864 bits per heavy atom. The van der Waals surface area contributed by atoms with Gasteiger partial charge in [0.25, 0.3) is 0 Å². The molecule has 0 radical (unpaired) electrons. The zero-order valence-corrected chi connectivity index (χ0v) is 14.3. The number of rotatable bonds is 3. The number of hydrogen-bond donors (Lipinski definition) is 1. The summed E-state index contributed by atoms with van der Waals surface area (Å²) < 4.78 is 0. The van der Waals surface area contributed by atoms with Gasteiger partial charge in [0.1, 0.15) is 0 Å². The van der Waals surface area contributed by atoms with E-state index in [0.29, 0.717) is 0 Å². The molecule has 0 aromatic heterocycles. The van der Waals surface area contributed by atoms with Crippen molar-refractivity contribution in [3.05, 3.63) is 71.8 Å². The summed E-state index contributed by atoms with van der Waals surface area (Å²) in [5.74, 6) is 0. The highest BCUT2D eigenvalue weighted by Gasteiger charge is 2.36. The third-order valence-corrected chi connectivity index (χ3v) is 4.29. The Bertz CT molecular complexity index is 548. The largest absolute Gasteiger partial charge is 0.309 e. The van der Waals surface area contributed by atoms with Gasteiger partial charge in [-0.3, -0.25) is 4.90 Å². The highest BCUT2D eigenvalue weighted by molar-refractivity contribution is 5.85. The van der Waals surface area contributed by atoms with E-state index < -0.39 is 0 Å². The molecule has 1 saturated heterocycles. The van der Waals surface area contributed by atoms with Crippen molar-refractivity contribution in [2.24, 2.45) is 5.73 Å². The summed E-state index contributed by atoms with van der Waals surface area (Å²) in [6.07, 6.45) is 3.47. The van der Waals surface area contributed by atoms with Gasteiger partial charge in [0, 0.05) is 13.1 Å². The summed E-state index contributed by atoms with van der Waals surface area (Å²) in [6, 6.07) is 21.1. The number of likely N-dealkylation sites (tertiary alicyclic amines) is 1. The lowest BCUT2D eigenvalue weighted by molar-refractivity contribution is 0.0404. The molecule has 4 heteroatoms. The first-order valence-electron chi connectivity index (χ1n) is 7.42. The normalized spacial score (nSPS) is 21.5. The minimum atomic E-state index is -0.324. The van der Waals surface area contributed by atoms with Crippen LogP contribution in [0.3, 0.4) is 0 Å². The van der Waals surface area contributed by atoms with Gasteiger partial charge in [-0.25, -0.2) is 0 Å². The molecule has 3 rings (SSSR count). The summed E-state index contributed by atoms with van der Waals surface area (Å²) in [4.78, 5) is 2.43. The highest BCUT2D eigenvalue weighted by Crippen LogP contribution is 2.33. The third-order valence-electron chi connectivity index (χ3n) is 4.29. The Labute approximate surface area is 145 Å². The van der Waals surface area contributed by atoms with E-state index >= 15 is 0 Å². The minimum Gasteiger partial charge on any atom is -0.309 e. The van der Waals surface area contributed by atoms with Crippen LogP contribution in [0.5, 0.6) is 0 Å². The molecule has 2 aromatic carbocycles. The van der Waals surface area contributed by atoms with Crippen LogP contribution in [-0.2, 0) is 12.2 Å². The average molecular weight is 339 g/mol. The monoisotopic (exact) mass is 338 g/mol. The van der Waals surface area contributed by atoms with Crippen molar-refractivity contribution in [3.63, 3.8) is 0 Å². The first-order valence-corrected chi connectivity index (χ1v) is 7.42. The number of nitrogens with two attached hydrogens (primary N) is 1. The van der Waals surface area contributed by atoms with E-state index in [1.807, 2.05) is 0 Å². The van der Waals surface area contributed by atoms with Crippen molar-refractivity contribution in [1.29, 1.82) is 0 Å². The molecule has 1 heterocycles. The maximum Gasteiger partial charge on any atom is 0.0952 e. The Morgan fingerprint density at radius 2 is 1.45 bits per heavy atom. The fourth-order valence-corrected chi connectivity index (χ4v) is 3.13. The van der Waals surface area contributed by atoms with E-state index in [1.165, 1.54) is 24.0 Å². The van der Waals surface area contributed by atoms with Crippen LogP contribution in [0.1, 0.15) is 30.4 Å². The molecule has 2 nitrogen and oxygen atoms in total. The van der Waals surface area contributed by atoms with Crippen molar-refractivity contribution in [2.45, 2.75) is 31.5 Å². The van der Waals surface area contributed by atoms with E-state index in [4.69, 9.17) is 5.73 Å². The number of nitrogens with zero attached hydrogens (tertiary/aromatic N) is 1. The Kier molecular flexibility index (Phi) is 7.37. The molecule has 0 spiro atoms. The van der Waals surface area contributed by atoms with Gasteiger partial charge < -0.3 is 5.73 Å². The second-order valence-corrected chi connectivity index (χ2v) is 5.65. The van der Waals surface area contributed by atoms with E-state index in [1.54, 1.807) is 0 Å². The quantitative estimate of drug-likeness (QED) is 0.902. The van der Waals surface area contributed by atoms with Gasteiger partial charge in [0.15, 0.2) is 0 Å².